The fraction of sp³-hybridized carbons (Fsp3) is 0.192. The van der Waals surface area contributed by atoms with Crippen molar-refractivity contribution in [3.8, 4) is 17.1 Å². The van der Waals surface area contributed by atoms with E-state index < -0.39 is 0 Å². The maximum Gasteiger partial charge on any atom is 0.237 e. The molecule has 0 unspecified atom stereocenters. The van der Waals surface area contributed by atoms with E-state index in [9.17, 15) is 4.79 Å². The Kier molecular flexibility index (Phi) is 7.61. The van der Waals surface area contributed by atoms with E-state index in [2.05, 4.69) is 10.2 Å². The highest BCUT2D eigenvalue weighted by atomic mass is 35.5. The molecule has 174 valence electrons. The molecule has 0 bridgehead atoms. The summed E-state index contributed by atoms with van der Waals surface area (Å²) in [4.78, 5) is 15.1. The maximum absolute atomic E-state index is 13.3. The van der Waals surface area contributed by atoms with Crippen molar-refractivity contribution in [3.05, 3.63) is 88.4 Å². The summed E-state index contributed by atoms with van der Waals surface area (Å²) in [6.07, 6.45) is 0. The molecule has 5 nitrogen and oxygen atoms in total. The summed E-state index contributed by atoms with van der Waals surface area (Å²) in [5.41, 5.74) is 3.56. The highest BCUT2D eigenvalue weighted by Gasteiger charge is 2.23. The average molecular weight is 511 g/mol. The minimum Gasteiger partial charge on any atom is -0.309 e. The largest absolute Gasteiger partial charge is 0.309 e. The van der Waals surface area contributed by atoms with Gasteiger partial charge >= 0.3 is 0 Å². The lowest BCUT2D eigenvalue weighted by atomic mass is 10.1. The van der Waals surface area contributed by atoms with Crippen LogP contribution in [0, 0.1) is 6.92 Å². The molecule has 0 aliphatic heterocycles. The van der Waals surface area contributed by atoms with Gasteiger partial charge in [-0.3, -0.25) is 9.36 Å². The van der Waals surface area contributed by atoms with Crippen molar-refractivity contribution in [1.82, 2.24) is 14.8 Å². The third-order valence-electron chi connectivity index (χ3n) is 5.31. The first-order valence-electron chi connectivity index (χ1n) is 10.8. The van der Waals surface area contributed by atoms with Crippen LogP contribution in [0.5, 0.6) is 0 Å². The Hall–Kier alpha value is -2.80. The molecule has 3 aromatic carbocycles. The molecule has 4 aromatic rings. The number of hydrogen-bond donors (Lipinski definition) is 0. The molecule has 1 aromatic heterocycles. The number of amides is 1. The van der Waals surface area contributed by atoms with E-state index in [0.29, 0.717) is 26.6 Å². The van der Waals surface area contributed by atoms with Gasteiger partial charge in [0, 0.05) is 22.3 Å². The number of benzene rings is 3. The van der Waals surface area contributed by atoms with Crippen molar-refractivity contribution >= 4 is 46.6 Å². The molecule has 0 atom stereocenters. The van der Waals surface area contributed by atoms with Crippen LogP contribution in [-0.2, 0) is 4.79 Å². The van der Waals surface area contributed by atoms with E-state index >= 15 is 0 Å². The smallest absolute Gasteiger partial charge is 0.237 e. The Bertz CT molecular complexity index is 1310. The van der Waals surface area contributed by atoms with Gasteiger partial charge in [-0.05, 0) is 62.7 Å². The molecule has 4 rings (SSSR count). The summed E-state index contributed by atoms with van der Waals surface area (Å²) in [7, 11) is 0. The van der Waals surface area contributed by atoms with E-state index in [1.807, 2.05) is 86.0 Å². The predicted octanol–water partition coefficient (Wildman–Crippen LogP) is 7.08. The number of thioether (sulfide) groups is 1. The number of aryl methyl sites for hydroxylation is 1. The van der Waals surface area contributed by atoms with Gasteiger partial charge in [-0.25, -0.2) is 0 Å². The highest BCUT2D eigenvalue weighted by Crippen LogP contribution is 2.34. The van der Waals surface area contributed by atoms with Crippen LogP contribution >= 0.6 is 35.0 Å². The Morgan fingerprint density at radius 2 is 1.71 bits per heavy atom. The number of rotatable bonds is 7. The molecule has 0 saturated carbocycles. The van der Waals surface area contributed by atoms with Gasteiger partial charge in [0.25, 0.3) is 0 Å². The number of carbonyl (C=O) groups is 1. The lowest BCUT2D eigenvalue weighted by molar-refractivity contribution is -0.116. The summed E-state index contributed by atoms with van der Waals surface area (Å²) in [5, 5.41) is 10.5. The first-order valence-corrected chi connectivity index (χ1v) is 12.6. The number of para-hydroxylation sites is 2. The van der Waals surface area contributed by atoms with Gasteiger partial charge in [0.05, 0.1) is 16.5 Å². The molecular formula is C26H24Cl2N4OS. The van der Waals surface area contributed by atoms with Gasteiger partial charge in [0.15, 0.2) is 11.0 Å². The standard InChI is InChI=1S/C26H24Cl2N4OS/c1-17(2)31(20-10-5-4-6-11-20)24(33)16-34-26-30-29-25(21-14-13-19(27)15-22(21)28)32(26)23-12-8-7-9-18(23)3/h4-15,17H,16H2,1-3H3. The van der Waals surface area contributed by atoms with Crippen LogP contribution < -0.4 is 4.90 Å². The second kappa shape index (κ2) is 10.6. The number of aromatic nitrogens is 3. The van der Waals surface area contributed by atoms with Crippen LogP contribution in [0.4, 0.5) is 5.69 Å². The van der Waals surface area contributed by atoms with E-state index in [4.69, 9.17) is 23.2 Å². The third kappa shape index (κ3) is 5.14. The lowest BCUT2D eigenvalue weighted by Gasteiger charge is -2.26. The van der Waals surface area contributed by atoms with Gasteiger partial charge in [0.2, 0.25) is 5.91 Å². The van der Waals surface area contributed by atoms with Crippen molar-refractivity contribution in [2.45, 2.75) is 32.0 Å². The van der Waals surface area contributed by atoms with E-state index in [1.165, 1.54) is 11.8 Å². The Labute approximate surface area is 213 Å². The number of nitrogens with zero attached hydrogens (tertiary/aromatic N) is 4. The Balaban J connectivity index is 1.70. The molecule has 0 radical (unpaired) electrons. The lowest BCUT2D eigenvalue weighted by Crippen LogP contribution is -2.38. The SMILES string of the molecule is Cc1ccccc1-n1c(SCC(=O)N(c2ccccc2)C(C)C)nnc1-c1ccc(Cl)cc1Cl. The Morgan fingerprint density at radius 3 is 2.38 bits per heavy atom. The molecule has 1 heterocycles. The molecular weight excluding hydrogens is 487 g/mol. The molecule has 34 heavy (non-hydrogen) atoms. The highest BCUT2D eigenvalue weighted by molar-refractivity contribution is 7.99. The van der Waals surface area contributed by atoms with Crippen LogP contribution in [0.15, 0.2) is 78.0 Å². The van der Waals surface area contributed by atoms with Crippen molar-refractivity contribution in [2.24, 2.45) is 0 Å². The minimum absolute atomic E-state index is 0.00314. The molecule has 0 N–H and O–H groups in total. The van der Waals surface area contributed by atoms with Gasteiger partial charge in [0.1, 0.15) is 0 Å². The van der Waals surface area contributed by atoms with Gasteiger partial charge < -0.3 is 4.90 Å². The van der Waals surface area contributed by atoms with Crippen LogP contribution in [0.3, 0.4) is 0 Å². The summed E-state index contributed by atoms with van der Waals surface area (Å²) in [6.45, 7) is 6.04. The fourth-order valence-corrected chi connectivity index (χ4v) is 5.05. The first-order chi connectivity index (χ1) is 16.4. The Morgan fingerprint density at radius 1 is 1.00 bits per heavy atom. The van der Waals surface area contributed by atoms with Crippen molar-refractivity contribution in [1.29, 1.82) is 0 Å². The molecule has 0 spiro atoms. The minimum atomic E-state index is -0.00314. The second-order valence-electron chi connectivity index (χ2n) is 8.03. The average Bonchev–Trinajstić information content (AvgIpc) is 3.22. The first kappa shape index (κ1) is 24.3. The van der Waals surface area contributed by atoms with Crippen molar-refractivity contribution in [3.63, 3.8) is 0 Å². The van der Waals surface area contributed by atoms with E-state index in [-0.39, 0.29) is 17.7 Å². The normalized spacial score (nSPS) is 11.1. The summed E-state index contributed by atoms with van der Waals surface area (Å²) in [5.74, 6) is 0.803. The quantitative estimate of drug-likeness (QED) is 0.249. The predicted molar refractivity (Wildman–Crippen MR) is 141 cm³/mol. The maximum atomic E-state index is 13.3. The zero-order valence-corrected chi connectivity index (χ0v) is 21.4. The summed E-state index contributed by atoms with van der Waals surface area (Å²) in [6, 6.07) is 23.0. The summed E-state index contributed by atoms with van der Waals surface area (Å²) < 4.78 is 1.95. The van der Waals surface area contributed by atoms with Crippen LogP contribution in [0.25, 0.3) is 17.1 Å². The topological polar surface area (TPSA) is 51.0 Å². The number of halogens is 2. The number of hydrogen-bond acceptors (Lipinski definition) is 4. The van der Waals surface area contributed by atoms with E-state index in [1.54, 1.807) is 17.0 Å². The van der Waals surface area contributed by atoms with Crippen LogP contribution in [0.1, 0.15) is 19.4 Å². The molecule has 0 aliphatic rings. The van der Waals surface area contributed by atoms with E-state index in [0.717, 1.165) is 16.9 Å². The summed E-state index contributed by atoms with van der Waals surface area (Å²) >= 11 is 14.0. The van der Waals surface area contributed by atoms with Gasteiger partial charge in [-0.15, -0.1) is 10.2 Å². The van der Waals surface area contributed by atoms with Crippen molar-refractivity contribution in [2.75, 3.05) is 10.7 Å². The fourth-order valence-electron chi connectivity index (χ4n) is 3.75. The third-order valence-corrected chi connectivity index (χ3v) is 6.77. The molecule has 0 saturated heterocycles. The number of anilines is 1. The molecule has 1 amide bonds. The van der Waals surface area contributed by atoms with Crippen LogP contribution in [-0.4, -0.2) is 32.5 Å². The second-order valence-corrected chi connectivity index (χ2v) is 9.82. The molecule has 0 fully saturated rings. The van der Waals surface area contributed by atoms with Crippen molar-refractivity contribution < 1.29 is 4.79 Å². The molecule has 8 heteroatoms. The van der Waals surface area contributed by atoms with Gasteiger partial charge in [-0.2, -0.15) is 0 Å². The zero-order chi connectivity index (χ0) is 24.2. The van der Waals surface area contributed by atoms with Crippen LogP contribution in [0.2, 0.25) is 10.0 Å². The monoisotopic (exact) mass is 510 g/mol. The molecule has 0 aliphatic carbocycles. The van der Waals surface area contributed by atoms with Gasteiger partial charge in [-0.1, -0.05) is 71.4 Å². The number of carbonyl (C=O) groups excluding carboxylic acids is 1. The zero-order valence-electron chi connectivity index (χ0n) is 19.1.